The monoisotopic (exact) mass is 379 g/mol. The van der Waals surface area contributed by atoms with Crippen molar-refractivity contribution < 1.29 is 13.2 Å². The fourth-order valence-corrected chi connectivity index (χ4v) is 4.03. The molecule has 8 heteroatoms. The number of Topliss-reactive ketones (excluding diaryl/α,β-unsaturated/α-hetero) is 1. The fraction of sp³-hybridized carbons (Fsp3) is 0.235. The lowest BCUT2D eigenvalue weighted by Crippen LogP contribution is -2.38. The second-order valence-electron chi connectivity index (χ2n) is 6.10. The van der Waals surface area contributed by atoms with Gasteiger partial charge in [-0.05, 0) is 42.3 Å². The molecule has 132 valence electrons. The van der Waals surface area contributed by atoms with Crippen molar-refractivity contribution in [2.24, 2.45) is 11.3 Å². The Hall–Kier alpha value is -1.77. The van der Waals surface area contributed by atoms with Crippen LogP contribution in [0.4, 0.5) is 0 Å². The smallest absolute Gasteiger partial charge is 0.253 e. The molecule has 0 bridgehead atoms. The van der Waals surface area contributed by atoms with E-state index in [1.54, 1.807) is 10.3 Å². The highest BCUT2D eigenvalue weighted by Crippen LogP contribution is 2.56. The number of ketones is 1. The summed E-state index contributed by atoms with van der Waals surface area (Å²) in [7, 11) is -3.83. The van der Waals surface area contributed by atoms with Crippen LogP contribution in [0.25, 0.3) is 0 Å². The van der Waals surface area contributed by atoms with E-state index < -0.39 is 15.4 Å². The van der Waals surface area contributed by atoms with Crippen LogP contribution in [0.15, 0.2) is 59.5 Å². The van der Waals surface area contributed by atoms with Gasteiger partial charge in [-0.25, -0.2) is 8.42 Å². The Bertz CT molecular complexity index is 883. The van der Waals surface area contributed by atoms with Crippen LogP contribution in [0.3, 0.4) is 0 Å². The zero-order chi connectivity index (χ0) is 18.1. The van der Waals surface area contributed by atoms with Crippen molar-refractivity contribution >= 4 is 27.6 Å². The zero-order valence-corrected chi connectivity index (χ0v) is 14.8. The second kappa shape index (κ2) is 6.86. The number of nitrogens with one attached hydrogen (secondary N) is 2. The highest BCUT2D eigenvalue weighted by atomic mass is 35.5. The van der Waals surface area contributed by atoms with Crippen LogP contribution in [-0.2, 0) is 10.0 Å². The number of hydrogen-bond donors (Lipinski definition) is 3. The number of halogens is 1. The molecule has 1 aliphatic carbocycles. The van der Waals surface area contributed by atoms with Gasteiger partial charge in [0.2, 0.25) is 0 Å². The summed E-state index contributed by atoms with van der Waals surface area (Å²) < 4.78 is 25.5. The zero-order valence-electron chi connectivity index (χ0n) is 13.3. The van der Waals surface area contributed by atoms with E-state index in [-0.39, 0.29) is 16.7 Å². The maximum absolute atomic E-state index is 13.1. The van der Waals surface area contributed by atoms with Crippen molar-refractivity contribution in [2.75, 3.05) is 0 Å². The third kappa shape index (κ3) is 3.33. The highest BCUT2D eigenvalue weighted by molar-refractivity contribution is 7.90. The number of rotatable bonds is 7. The van der Waals surface area contributed by atoms with Gasteiger partial charge in [0.05, 0.1) is 16.4 Å². The molecule has 1 fully saturated rings. The highest BCUT2D eigenvalue weighted by Gasteiger charge is 2.55. The van der Waals surface area contributed by atoms with Crippen molar-refractivity contribution in [3.8, 4) is 0 Å². The van der Waals surface area contributed by atoms with Gasteiger partial charge < -0.3 is 0 Å². The number of hydrogen-bond acceptors (Lipinski definition) is 5. The number of hydrazine groups is 1. The Kier molecular flexibility index (Phi) is 4.95. The predicted molar refractivity (Wildman–Crippen MR) is 95.1 cm³/mol. The molecule has 1 unspecified atom stereocenters. The average Bonchev–Trinajstić information content (AvgIpc) is 3.44. The maximum Gasteiger partial charge on any atom is 0.253 e. The van der Waals surface area contributed by atoms with Crippen LogP contribution in [-0.4, -0.2) is 14.2 Å². The van der Waals surface area contributed by atoms with Gasteiger partial charge >= 0.3 is 0 Å². The van der Waals surface area contributed by atoms with Crippen LogP contribution in [0.5, 0.6) is 0 Å². The molecular weight excluding hydrogens is 362 g/mol. The van der Waals surface area contributed by atoms with E-state index in [1.165, 1.54) is 18.2 Å². The first-order chi connectivity index (χ1) is 11.9. The molecule has 1 atom stereocenters. The van der Waals surface area contributed by atoms with E-state index in [9.17, 15) is 13.2 Å². The Morgan fingerprint density at radius 2 is 1.80 bits per heavy atom. The van der Waals surface area contributed by atoms with Gasteiger partial charge in [0.15, 0.2) is 5.78 Å². The molecule has 0 saturated heterocycles. The Morgan fingerprint density at radius 3 is 2.36 bits per heavy atom. The first-order valence-electron chi connectivity index (χ1n) is 7.73. The summed E-state index contributed by atoms with van der Waals surface area (Å²) in [4.78, 5) is 13.1. The van der Waals surface area contributed by atoms with Gasteiger partial charge in [-0.15, -0.1) is 4.24 Å². The van der Waals surface area contributed by atoms with Crippen molar-refractivity contribution in [3.05, 3.63) is 65.7 Å². The van der Waals surface area contributed by atoms with E-state index in [0.29, 0.717) is 18.4 Å². The third-order valence-electron chi connectivity index (χ3n) is 4.60. The molecule has 2 aromatic carbocycles. The summed E-state index contributed by atoms with van der Waals surface area (Å²) in [6, 6.07) is 15.0. The van der Waals surface area contributed by atoms with Crippen LogP contribution < -0.4 is 15.5 Å². The Labute approximate surface area is 151 Å². The fourth-order valence-electron chi connectivity index (χ4n) is 3.14. The van der Waals surface area contributed by atoms with Crippen LogP contribution in [0.1, 0.15) is 34.8 Å². The number of nitrogens with two attached hydrogens (primary N) is 1. The lowest BCUT2D eigenvalue weighted by Gasteiger charge is -2.26. The molecular formula is C17H18ClN3O3S. The van der Waals surface area contributed by atoms with Crippen LogP contribution >= 0.6 is 11.8 Å². The summed E-state index contributed by atoms with van der Waals surface area (Å²) in [5, 5.41) is 0. The normalized spacial score (nSPS) is 17.0. The third-order valence-corrected chi connectivity index (χ3v) is 6.29. The standard InChI is InChI=1S/C17H18ClN3O3S/c18-21-25(23,24)14-8-4-7-13(11-14)16(22)17(9-10-17)15(20-19)12-5-2-1-3-6-12/h1-8,11,15,20-21H,9-10,19H2. The number of sulfonamides is 1. The largest absolute Gasteiger partial charge is 0.293 e. The van der Waals surface area contributed by atoms with E-state index in [4.69, 9.17) is 17.6 Å². The molecule has 2 aromatic rings. The first-order valence-corrected chi connectivity index (χ1v) is 9.59. The van der Waals surface area contributed by atoms with E-state index >= 15 is 0 Å². The van der Waals surface area contributed by atoms with Gasteiger partial charge in [0.1, 0.15) is 0 Å². The SMILES string of the molecule is NNC(c1ccccc1)C1(C(=O)c2cccc(S(=O)(=O)NCl)c2)CC1. The minimum atomic E-state index is -3.83. The quantitative estimate of drug-likeness (QED) is 0.296. The topological polar surface area (TPSA) is 101 Å². The van der Waals surface area contributed by atoms with Gasteiger partial charge in [-0.1, -0.05) is 42.5 Å². The molecule has 25 heavy (non-hydrogen) atoms. The summed E-state index contributed by atoms with van der Waals surface area (Å²) in [5.41, 5.74) is 3.32. The number of carbonyl (C=O) groups is 1. The van der Waals surface area contributed by atoms with Crippen LogP contribution in [0.2, 0.25) is 0 Å². The molecule has 0 spiro atoms. The van der Waals surface area contributed by atoms with Gasteiger partial charge in [-0.2, -0.15) is 0 Å². The lowest BCUT2D eigenvalue weighted by molar-refractivity contribution is 0.0861. The predicted octanol–water partition coefficient (Wildman–Crippen LogP) is 2.29. The number of carbonyl (C=O) groups excluding carboxylic acids is 1. The maximum atomic E-state index is 13.1. The molecule has 0 aromatic heterocycles. The molecule has 0 heterocycles. The first kappa shape index (κ1) is 18.0. The van der Waals surface area contributed by atoms with Crippen molar-refractivity contribution in [3.63, 3.8) is 0 Å². The van der Waals surface area contributed by atoms with Gasteiger partial charge in [0.25, 0.3) is 10.0 Å². The molecule has 0 amide bonds. The average molecular weight is 380 g/mol. The van der Waals surface area contributed by atoms with Crippen molar-refractivity contribution in [1.82, 2.24) is 9.67 Å². The molecule has 0 aliphatic heterocycles. The minimum Gasteiger partial charge on any atom is -0.293 e. The molecule has 1 saturated carbocycles. The summed E-state index contributed by atoms with van der Waals surface area (Å²) in [6.45, 7) is 0. The second-order valence-corrected chi connectivity index (χ2v) is 8.20. The minimum absolute atomic E-state index is 0.0545. The van der Waals surface area contributed by atoms with Crippen molar-refractivity contribution in [1.29, 1.82) is 0 Å². The summed E-state index contributed by atoms with van der Waals surface area (Å²) in [6.07, 6.45) is 1.36. The van der Waals surface area contributed by atoms with E-state index in [2.05, 4.69) is 5.43 Å². The van der Waals surface area contributed by atoms with E-state index in [0.717, 1.165) is 5.56 Å². The molecule has 3 rings (SSSR count). The van der Waals surface area contributed by atoms with Gasteiger partial charge in [0, 0.05) is 5.56 Å². The lowest BCUT2D eigenvalue weighted by atomic mass is 9.84. The van der Waals surface area contributed by atoms with Gasteiger partial charge in [-0.3, -0.25) is 16.1 Å². The Morgan fingerprint density at radius 1 is 1.12 bits per heavy atom. The number of benzene rings is 2. The van der Waals surface area contributed by atoms with E-state index in [1.807, 2.05) is 30.3 Å². The van der Waals surface area contributed by atoms with Crippen LogP contribution in [0, 0.1) is 5.41 Å². The molecule has 4 N–H and O–H groups in total. The molecule has 6 nitrogen and oxygen atoms in total. The van der Waals surface area contributed by atoms with Crippen molar-refractivity contribution in [2.45, 2.75) is 23.8 Å². The summed E-state index contributed by atoms with van der Waals surface area (Å²) in [5.74, 6) is 5.61. The Balaban J connectivity index is 1.97. The molecule has 0 radical (unpaired) electrons. The summed E-state index contributed by atoms with van der Waals surface area (Å²) >= 11 is 5.27. The molecule has 1 aliphatic rings.